The lowest BCUT2D eigenvalue weighted by molar-refractivity contribution is 0.0670. The van der Waals surface area contributed by atoms with Crippen molar-refractivity contribution in [2.24, 2.45) is 0 Å². The number of hydrogen-bond acceptors (Lipinski definition) is 3. The number of nitrogens with zero attached hydrogens (tertiary/aromatic N) is 1. The van der Waals surface area contributed by atoms with Crippen LogP contribution in [0.3, 0.4) is 0 Å². The number of alkyl halides is 2. The van der Waals surface area contributed by atoms with Gasteiger partial charge >= 0.3 is 5.97 Å². The van der Waals surface area contributed by atoms with Gasteiger partial charge in [-0.15, -0.1) is 0 Å². The molecule has 18 heavy (non-hydrogen) atoms. The first-order chi connectivity index (χ1) is 8.52. The standard InChI is InChI=1S/C11H6ClF2NO3/c12-6-4-2-1-3-5(6)8-7(11(16)17)9(10(13)14)18-15-8/h1-4,10H,(H,16,17). The second-order valence-corrected chi connectivity index (χ2v) is 3.76. The summed E-state index contributed by atoms with van der Waals surface area (Å²) in [5, 5.41) is 12.5. The maximum Gasteiger partial charge on any atom is 0.341 e. The summed E-state index contributed by atoms with van der Waals surface area (Å²) in [5.74, 6) is -2.51. The first-order valence-corrected chi connectivity index (χ1v) is 5.16. The Morgan fingerprint density at radius 2 is 2.06 bits per heavy atom. The number of aromatic nitrogens is 1. The summed E-state index contributed by atoms with van der Waals surface area (Å²) in [4.78, 5) is 11.0. The smallest absolute Gasteiger partial charge is 0.341 e. The van der Waals surface area contributed by atoms with E-state index in [4.69, 9.17) is 16.7 Å². The fraction of sp³-hybridized carbons (Fsp3) is 0.0909. The molecule has 94 valence electrons. The first kappa shape index (κ1) is 12.5. The van der Waals surface area contributed by atoms with Crippen molar-refractivity contribution in [2.75, 3.05) is 0 Å². The molecule has 7 heteroatoms. The third-order valence-corrected chi connectivity index (χ3v) is 2.59. The van der Waals surface area contributed by atoms with Crippen LogP contribution in [-0.2, 0) is 0 Å². The third kappa shape index (κ3) is 2.06. The van der Waals surface area contributed by atoms with Crippen molar-refractivity contribution in [2.45, 2.75) is 6.43 Å². The predicted molar refractivity (Wildman–Crippen MR) is 58.9 cm³/mol. The third-order valence-electron chi connectivity index (χ3n) is 2.26. The average Bonchev–Trinajstić information content (AvgIpc) is 2.74. The zero-order valence-electron chi connectivity index (χ0n) is 8.73. The molecule has 0 aliphatic carbocycles. The molecule has 2 rings (SSSR count). The van der Waals surface area contributed by atoms with Gasteiger partial charge in [0.1, 0.15) is 11.3 Å². The van der Waals surface area contributed by atoms with Crippen LogP contribution in [0.25, 0.3) is 11.3 Å². The fourth-order valence-corrected chi connectivity index (χ4v) is 1.72. The molecule has 0 amide bonds. The molecule has 0 fully saturated rings. The van der Waals surface area contributed by atoms with Crippen molar-refractivity contribution in [1.29, 1.82) is 0 Å². The molecule has 0 unspecified atom stereocenters. The minimum atomic E-state index is -3.06. The van der Waals surface area contributed by atoms with E-state index in [-0.39, 0.29) is 16.3 Å². The van der Waals surface area contributed by atoms with E-state index in [1.165, 1.54) is 12.1 Å². The molecule has 0 aliphatic heterocycles. The van der Waals surface area contributed by atoms with Gasteiger partial charge < -0.3 is 9.63 Å². The molecule has 0 spiro atoms. The van der Waals surface area contributed by atoms with Gasteiger partial charge in [0.15, 0.2) is 0 Å². The molecule has 0 saturated carbocycles. The normalized spacial score (nSPS) is 10.9. The van der Waals surface area contributed by atoms with Gasteiger partial charge in [-0.3, -0.25) is 0 Å². The van der Waals surface area contributed by atoms with Crippen LogP contribution in [0.15, 0.2) is 28.8 Å². The monoisotopic (exact) mass is 273 g/mol. The Bertz CT molecular complexity index is 598. The molecule has 1 aromatic heterocycles. The lowest BCUT2D eigenvalue weighted by Gasteiger charge is -2.01. The number of carboxylic acid groups (broad SMARTS) is 1. The molecule has 0 aliphatic rings. The van der Waals surface area contributed by atoms with Gasteiger partial charge in [-0.05, 0) is 6.07 Å². The molecular weight excluding hydrogens is 268 g/mol. The van der Waals surface area contributed by atoms with Crippen molar-refractivity contribution in [3.63, 3.8) is 0 Å². The topological polar surface area (TPSA) is 63.3 Å². The summed E-state index contributed by atoms with van der Waals surface area (Å²) < 4.78 is 29.6. The van der Waals surface area contributed by atoms with Gasteiger partial charge in [0.05, 0.1) is 5.02 Å². The maximum absolute atomic E-state index is 12.6. The van der Waals surface area contributed by atoms with Crippen molar-refractivity contribution < 1.29 is 23.2 Å². The highest BCUT2D eigenvalue weighted by Crippen LogP contribution is 2.34. The van der Waals surface area contributed by atoms with E-state index in [0.29, 0.717) is 0 Å². The quantitative estimate of drug-likeness (QED) is 0.927. The number of hydrogen-bond donors (Lipinski definition) is 1. The van der Waals surface area contributed by atoms with Gasteiger partial charge in [0.25, 0.3) is 6.43 Å². The zero-order valence-corrected chi connectivity index (χ0v) is 9.49. The minimum absolute atomic E-state index is 0.203. The number of carboxylic acids is 1. The molecule has 4 nitrogen and oxygen atoms in total. The highest BCUT2D eigenvalue weighted by molar-refractivity contribution is 6.33. The number of rotatable bonds is 3. The molecule has 0 atom stereocenters. The molecule has 2 aromatic rings. The summed E-state index contributed by atoms with van der Waals surface area (Å²) in [6.45, 7) is 0. The predicted octanol–water partition coefficient (Wildman–Crippen LogP) is 3.63. The highest BCUT2D eigenvalue weighted by Gasteiger charge is 2.29. The van der Waals surface area contributed by atoms with Crippen molar-refractivity contribution in [1.82, 2.24) is 5.16 Å². The van der Waals surface area contributed by atoms with E-state index in [9.17, 15) is 13.6 Å². The number of benzene rings is 1. The van der Waals surface area contributed by atoms with Crippen LogP contribution in [0.2, 0.25) is 5.02 Å². The second kappa shape index (κ2) is 4.73. The molecular formula is C11H6ClF2NO3. The van der Waals surface area contributed by atoms with Crippen LogP contribution in [0.4, 0.5) is 8.78 Å². The maximum atomic E-state index is 12.6. The van der Waals surface area contributed by atoms with Crippen LogP contribution in [0.5, 0.6) is 0 Å². The second-order valence-electron chi connectivity index (χ2n) is 3.36. The summed E-state index contributed by atoms with van der Waals surface area (Å²) in [7, 11) is 0. The van der Waals surface area contributed by atoms with Crippen LogP contribution in [-0.4, -0.2) is 16.2 Å². The van der Waals surface area contributed by atoms with Gasteiger partial charge in [-0.1, -0.05) is 35.0 Å². The highest BCUT2D eigenvalue weighted by atomic mass is 35.5. The van der Waals surface area contributed by atoms with Crippen molar-refractivity contribution >= 4 is 17.6 Å². The Balaban J connectivity index is 2.66. The average molecular weight is 274 g/mol. The number of halogens is 3. The Labute approximate surface area is 105 Å². The van der Waals surface area contributed by atoms with Crippen LogP contribution >= 0.6 is 11.6 Å². The Kier molecular flexibility index (Phi) is 3.29. The molecule has 0 bridgehead atoms. The summed E-state index contributed by atoms with van der Waals surface area (Å²) in [6.07, 6.45) is -3.06. The van der Waals surface area contributed by atoms with Crippen LogP contribution in [0, 0.1) is 0 Å². The van der Waals surface area contributed by atoms with Crippen molar-refractivity contribution in [3.8, 4) is 11.3 Å². The fourth-order valence-electron chi connectivity index (χ4n) is 1.50. The van der Waals surface area contributed by atoms with Gasteiger partial charge in [0, 0.05) is 5.56 Å². The Morgan fingerprint density at radius 3 is 2.61 bits per heavy atom. The largest absolute Gasteiger partial charge is 0.477 e. The SMILES string of the molecule is O=C(O)c1c(-c2ccccc2Cl)noc1C(F)F. The lowest BCUT2D eigenvalue weighted by Crippen LogP contribution is -2.02. The minimum Gasteiger partial charge on any atom is -0.477 e. The molecule has 0 saturated heterocycles. The van der Waals surface area contributed by atoms with Gasteiger partial charge in [0.2, 0.25) is 5.76 Å². The molecule has 1 N–H and O–H groups in total. The first-order valence-electron chi connectivity index (χ1n) is 4.78. The van der Waals surface area contributed by atoms with E-state index in [1.807, 2.05) is 0 Å². The Hall–Kier alpha value is -1.95. The van der Waals surface area contributed by atoms with E-state index in [1.54, 1.807) is 12.1 Å². The van der Waals surface area contributed by atoms with E-state index in [2.05, 4.69) is 9.68 Å². The summed E-state index contributed by atoms with van der Waals surface area (Å²) in [5.41, 5.74) is -0.645. The van der Waals surface area contributed by atoms with Crippen LogP contribution < -0.4 is 0 Å². The molecule has 1 heterocycles. The zero-order chi connectivity index (χ0) is 13.3. The van der Waals surface area contributed by atoms with Crippen molar-refractivity contribution in [3.05, 3.63) is 40.6 Å². The Morgan fingerprint density at radius 1 is 1.39 bits per heavy atom. The lowest BCUT2D eigenvalue weighted by atomic mass is 10.1. The number of aromatic carboxylic acids is 1. The molecule has 0 radical (unpaired) electrons. The number of carbonyl (C=O) groups is 1. The van der Waals surface area contributed by atoms with Gasteiger partial charge in [-0.25, -0.2) is 13.6 Å². The van der Waals surface area contributed by atoms with E-state index >= 15 is 0 Å². The summed E-state index contributed by atoms with van der Waals surface area (Å²) >= 11 is 5.86. The summed E-state index contributed by atoms with van der Waals surface area (Å²) in [6, 6.07) is 6.19. The molecule has 1 aromatic carbocycles. The van der Waals surface area contributed by atoms with Gasteiger partial charge in [-0.2, -0.15) is 0 Å². The van der Waals surface area contributed by atoms with E-state index < -0.39 is 23.7 Å². The van der Waals surface area contributed by atoms with Crippen LogP contribution in [0.1, 0.15) is 22.5 Å². The van der Waals surface area contributed by atoms with E-state index in [0.717, 1.165) is 0 Å².